The van der Waals surface area contributed by atoms with Crippen molar-refractivity contribution in [3.8, 4) is 0 Å². The van der Waals surface area contributed by atoms with Crippen LogP contribution >= 0.6 is 35.0 Å². The van der Waals surface area contributed by atoms with Gasteiger partial charge in [-0.25, -0.2) is 0 Å². The summed E-state index contributed by atoms with van der Waals surface area (Å²) in [5, 5.41) is 1.28. The van der Waals surface area contributed by atoms with Gasteiger partial charge in [0.15, 0.2) is 0 Å². The summed E-state index contributed by atoms with van der Waals surface area (Å²) in [6.45, 7) is 2.15. The number of halogens is 2. The van der Waals surface area contributed by atoms with Crippen LogP contribution in [0.2, 0.25) is 5.02 Å². The minimum absolute atomic E-state index is 0.503. The first-order valence-electron chi connectivity index (χ1n) is 4.24. The maximum atomic E-state index is 5.80. The van der Waals surface area contributed by atoms with Crippen LogP contribution in [-0.4, -0.2) is 11.1 Å². The zero-order valence-electron chi connectivity index (χ0n) is 7.47. The van der Waals surface area contributed by atoms with Crippen molar-refractivity contribution in [1.82, 2.24) is 0 Å². The standard InChI is InChI=1S/C10H12Cl2S/c1-2-9(7-11)13-10-5-3-8(12)4-6-10/h3-6,9H,2,7H2,1H3. The van der Waals surface area contributed by atoms with E-state index in [1.165, 1.54) is 4.90 Å². The molecule has 0 N–H and O–H groups in total. The summed E-state index contributed by atoms with van der Waals surface area (Å²) in [5.41, 5.74) is 0. The second kappa shape index (κ2) is 5.79. The molecule has 3 heteroatoms. The Hall–Kier alpha value is 0.150. The minimum atomic E-state index is 0.503. The van der Waals surface area contributed by atoms with Crippen LogP contribution < -0.4 is 0 Å². The van der Waals surface area contributed by atoms with Gasteiger partial charge in [-0.2, -0.15) is 0 Å². The first-order valence-corrected chi connectivity index (χ1v) is 6.03. The summed E-state index contributed by atoms with van der Waals surface area (Å²) in [7, 11) is 0. The monoisotopic (exact) mass is 234 g/mol. The van der Waals surface area contributed by atoms with Crippen molar-refractivity contribution in [3.05, 3.63) is 29.3 Å². The summed E-state index contributed by atoms with van der Waals surface area (Å²) in [5.74, 6) is 0.698. The number of thioether (sulfide) groups is 1. The molecule has 1 aromatic rings. The Morgan fingerprint density at radius 1 is 1.31 bits per heavy atom. The maximum absolute atomic E-state index is 5.80. The largest absolute Gasteiger partial charge is 0.125 e. The zero-order valence-corrected chi connectivity index (χ0v) is 9.79. The molecular formula is C10H12Cl2S. The van der Waals surface area contributed by atoms with Gasteiger partial charge in [0.1, 0.15) is 0 Å². The Morgan fingerprint density at radius 3 is 2.38 bits per heavy atom. The van der Waals surface area contributed by atoms with Gasteiger partial charge >= 0.3 is 0 Å². The molecule has 0 nitrogen and oxygen atoms in total. The lowest BCUT2D eigenvalue weighted by atomic mass is 10.4. The fourth-order valence-corrected chi connectivity index (χ4v) is 2.37. The third-order valence-corrected chi connectivity index (χ3v) is 3.93. The van der Waals surface area contributed by atoms with Gasteiger partial charge in [-0.05, 0) is 30.7 Å². The van der Waals surface area contributed by atoms with Crippen molar-refractivity contribution in [1.29, 1.82) is 0 Å². The molecule has 1 atom stereocenters. The van der Waals surface area contributed by atoms with Gasteiger partial charge < -0.3 is 0 Å². The Balaban J connectivity index is 2.58. The molecule has 1 rings (SSSR count). The van der Waals surface area contributed by atoms with Crippen molar-refractivity contribution in [2.24, 2.45) is 0 Å². The van der Waals surface area contributed by atoms with Crippen molar-refractivity contribution in [3.63, 3.8) is 0 Å². The van der Waals surface area contributed by atoms with Gasteiger partial charge in [-0.1, -0.05) is 18.5 Å². The predicted molar refractivity (Wildman–Crippen MR) is 62.1 cm³/mol. The quantitative estimate of drug-likeness (QED) is 0.548. The van der Waals surface area contributed by atoms with E-state index in [2.05, 4.69) is 6.92 Å². The van der Waals surface area contributed by atoms with Crippen LogP contribution in [0.4, 0.5) is 0 Å². The molecule has 0 aliphatic rings. The molecule has 1 unspecified atom stereocenters. The van der Waals surface area contributed by atoms with E-state index in [1.54, 1.807) is 11.8 Å². The van der Waals surface area contributed by atoms with Crippen molar-refractivity contribution in [2.45, 2.75) is 23.5 Å². The van der Waals surface area contributed by atoms with E-state index in [4.69, 9.17) is 23.2 Å². The van der Waals surface area contributed by atoms with Gasteiger partial charge in [0.25, 0.3) is 0 Å². The van der Waals surface area contributed by atoms with Crippen LogP contribution in [0.5, 0.6) is 0 Å². The number of benzene rings is 1. The van der Waals surface area contributed by atoms with E-state index in [1.807, 2.05) is 24.3 Å². The molecule has 0 radical (unpaired) electrons. The topological polar surface area (TPSA) is 0 Å². The highest BCUT2D eigenvalue weighted by molar-refractivity contribution is 8.00. The molecule has 0 spiro atoms. The highest BCUT2D eigenvalue weighted by atomic mass is 35.5. The van der Waals surface area contributed by atoms with Gasteiger partial charge in [-0.15, -0.1) is 23.4 Å². The third-order valence-electron chi connectivity index (χ3n) is 1.74. The van der Waals surface area contributed by atoms with E-state index in [9.17, 15) is 0 Å². The number of hydrogen-bond acceptors (Lipinski definition) is 1. The summed E-state index contributed by atoms with van der Waals surface area (Å²) in [6.07, 6.45) is 1.09. The van der Waals surface area contributed by atoms with Gasteiger partial charge in [0.05, 0.1) is 0 Å². The molecule has 0 saturated heterocycles. The lowest BCUT2D eigenvalue weighted by Crippen LogP contribution is -2.01. The zero-order chi connectivity index (χ0) is 9.68. The molecule has 0 bridgehead atoms. The minimum Gasteiger partial charge on any atom is -0.125 e. The molecule has 0 aliphatic heterocycles. The first kappa shape index (κ1) is 11.2. The fourth-order valence-electron chi connectivity index (χ4n) is 0.930. The number of alkyl halides is 1. The lowest BCUT2D eigenvalue weighted by molar-refractivity contribution is 0.912. The summed E-state index contributed by atoms with van der Waals surface area (Å²) >= 11 is 13.4. The first-order chi connectivity index (χ1) is 6.26. The predicted octanol–water partition coefficient (Wildman–Crippen LogP) is 4.45. The highest BCUT2D eigenvalue weighted by Crippen LogP contribution is 2.27. The highest BCUT2D eigenvalue weighted by Gasteiger charge is 2.05. The van der Waals surface area contributed by atoms with E-state index >= 15 is 0 Å². The Bertz CT molecular complexity index is 242. The van der Waals surface area contributed by atoms with Crippen LogP contribution in [-0.2, 0) is 0 Å². The average Bonchev–Trinajstić information content (AvgIpc) is 2.17. The van der Waals surface area contributed by atoms with Crippen molar-refractivity contribution in [2.75, 3.05) is 5.88 Å². The van der Waals surface area contributed by atoms with Crippen molar-refractivity contribution < 1.29 is 0 Å². The van der Waals surface area contributed by atoms with Gasteiger partial charge in [0, 0.05) is 21.0 Å². The second-order valence-corrected chi connectivity index (χ2v) is 4.88. The molecular weight excluding hydrogens is 223 g/mol. The Morgan fingerprint density at radius 2 is 1.92 bits per heavy atom. The normalized spacial score (nSPS) is 12.8. The Labute approximate surface area is 93.6 Å². The smallest absolute Gasteiger partial charge is 0.0406 e. The molecule has 0 heterocycles. The molecule has 1 aromatic carbocycles. The third kappa shape index (κ3) is 3.80. The fraction of sp³-hybridized carbons (Fsp3) is 0.400. The number of hydrogen-bond donors (Lipinski definition) is 0. The Kier molecular flexibility index (Phi) is 5.00. The molecule has 72 valence electrons. The SMILES string of the molecule is CCC(CCl)Sc1ccc(Cl)cc1. The average molecular weight is 235 g/mol. The van der Waals surface area contributed by atoms with E-state index in [0.29, 0.717) is 11.1 Å². The summed E-state index contributed by atoms with van der Waals surface area (Å²) < 4.78 is 0. The second-order valence-electron chi connectivity index (χ2n) is 2.76. The van der Waals surface area contributed by atoms with Crippen LogP contribution in [0.3, 0.4) is 0 Å². The molecule has 0 fully saturated rings. The summed E-state index contributed by atoms with van der Waals surface area (Å²) in [4.78, 5) is 1.23. The van der Waals surface area contributed by atoms with Crippen LogP contribution in [0, 0.1) is 0 Å². The van der Waals surface area contributed by atoms with Crippen LogP contribution in [0.25, 0.3) is 0 Å². The molecule has 13 heavy (non-hydrogen) atoms. The van der Waals surface area contributed by atoms with Crippen LogP contribution in [0.1, 0.15) is 13.3 Å². The lowest BCUT2D eigenvalue weighted by Gasteiger charge is -2.10. The molecule has 0 amide bonds. The summed E-state index contributed by atoms with van der Waals surface area (Å²) in [6, 6.07) is 7.88. The van der Waals surface area contributed by atoms with E-state index < -0.39 is 0 Å². The molecule has 0 aromatic heterocycles. The maximum Gasteiger partial charge on any atom is 0.0406 e. The van der Waals surface area contributed by atoms with E-state index in [0.717, 1.165) is 11.4 Å². The van der Waals surface area contributed by atoms with Gasteiger partial charge in [-0.3, -0.25) is 0 Å². The van der Waals surface area contributed by atoms with Crippen molar-refractivity contribution >= 4 is 35.0 Å². The van der Waals surface area contributed by atoms with E-state index in [-0.39, 0.29) is 0 Å². The van der Waals surface area contributed by atoms with Crippen LogP contribution in [0.15, 0.2) is 29.2 Å². The number of rotatable bonds is 4. The van der Waals surface area contributed by atoms with Gasteiger partial charge in [0.2, 0.25) is 0 Å². The molecule has 0 aliphatic carbocycles. The molecule has 0 saturated carbocycles.